The first-order valence-corrected chi connectivity index (χ1v) is 9.02. The molecule has 0 radical (unpaired) electrons. The number of nitro benzene ring substituents is 1. The molecule has 0 saturated heterocycles. The molecule has 3 rings (SSSR count). The Kier molecular flexibility index (Phi) is 4.79. The fourth-order valence-corrected chi connectivity index (χ4v) is 3.73. The highest BCUT2D eigenvalue weighted by Crippen LogP contribution is 2.31. The molecule has 26 heavy (non-hydrogen) atoms. The number of nitrogens with zero attached hydrogens (tertiary/aromatic N) is 2. The summed E-state index contributed by atoms with van der Waals surface area (Å²) in [6, 6.07) is 9.46. The van der Waals surface area contributed by atoms with E-state index in [0.717, 1.165) is 16.4 Å². The van der Waals surface area contributed by atoms with E-state index in [9.17, 15) is 22.9 Å². The van der Waals surface area contributed by atoms with Crippen molar-refractivity contribution in [1.29, 1.82) is 0 Å². The highest BCUT2D eigenvalue weighted by atomic mass is 32.2. The van der Waals surface area contributed by atoms with Gasteiger partial charge in [0.2, 0.25) is 15.8 Å². The van der Waals surface area contributed by atoms with Crippen LogP contribution in [0.4, 0.5) is 10.1 Å². The summed E-state index contributed by atoms with van der Waals surface area (Å²) >= 11 is 0. The van der Waals surface area contributed by atoms with Gasteiger partial charge in [0.05, 0.1) is 16.4 Å². The Balaban J connectivity index is 1.78. The normalized spacial score (nSPS) is 16.5. The lowest BCUT2D eigenvalue weighted by Gasteiger charge is -2.29. The van der Waals surface area contributed by atoms with E-state index in [2.05, 4.69) is 0 Å². The number of benzene rings is 2. The predicted molar refractivity (Wildman–Crippen MR) is 89.2 cm³/mol. The van der Waals surface area contributed by atoms with Crippen molar-refractivity contribution < 1.29 is 27.2 Å². The number of fused-ring (bicyclic) bond motifs is 1. The van der Waals surface area contributed by atoms with Gasteiger partial charge in [0.1, 0.15) is 12.7 Å². The molecule has 138 valence electrons. The number of halogens is 1. The number of hydrogen-bond acceptors (Lipinski definition) is 6. The summed E-state index contributed by atoms with van der Waals surface area (Å²) in [5.74, 6) is -0.0207. The van der Waals surface area contributed by atoms with Crippen LogP contribution in [0.3, 0.4) is 0 Å². The summed E-state index contributed by atoms with van der Waals surface area (Å²) in [5, 5.41) is 10.8. The Bertz CT molecular complexity index is 950. The minimum Gasteiger partial charge on any atom is -0.486 e. The van der Waals surface area contributed by atoms with Gasteiger partial charge >= 0.3 is 5.69 Å². The molecule has 1 aliphatic heterocycles. The molecule has 1 atom stereocenters. The molecule has 2 aromatic carbocycles. The van der Waals surface area contributed by atoms with E-state index in [4.69, 9.17) is 9.47 Å². The highest BCUT2D eigenvalue weighted by Gasteiger charge is 2.29. The van der Waals surface area contributed by atoms with Gasteiger partial charge in [-0.2, -0.15) is 8.70 Å². The van der Waals surface area contributed by atoms with Crippen molar-refractivity contribution in [3.8, 4) is 11.5 Å². The van der Waals surface area contributed by atoms with Gasteiger partial charge in [0, 0.05) is 13.1 Å². The molecular formula is C16H15FN2O6S. The van der Waals surface area contributed by atoms with Gasteiger partial charge < -0.3 is 9.47 Å². The second-order valence-electron chi connectivity index (χ2n) is 5.65. The number of ether oxygens (including phenoxy) is 2. The molecule has 10 heteroatoms. The van der Waals surface area contributed by atoms with Crippen LogP contribution in [0.25, 0.3) is 0 Å². The van der Waals surface area contributed by atoms with E-state index in [0.29, 0.717) is 17.6 Å². The molecule has 0 N–H and O–H groups in total. The van der Waals surface area contributed by atoms with Crippen molar-refractivity contribution in [3.63, 3.8) is 0 Å². The zero-order valence-corrected chi connectivity index (χ0v) is 14.5. The smallest absolute Gasteiger partial charge is 0.306 e. The van der Waals surface area contributed by atoms with Gasteiger partial charge in [-0.1, -0.05) is 12.1 Å². The number of hydrogen-bond donors (Lipinski definition) is 0. The van der Waals surface area contributed by atoms with Crippen molar-refractivity contribution in [2.24, 2.45) is 0 Å². The third kappa shape index (κ3) is 3.46. The van der Waals surface area contributed by atoms with Crippen LogP contribution in [0, 0.1) is 15.9 Å². The highest BCUT2D eigenvalue weighted by molar-refractivity contribution is 7.89. The van der Waals surface area contributed by atoms with Gasteiger partial charge in [0.15, 0.2) is 11.5 Å². The minimum absolute atomic E-state index is 0.0398. The number of para-hydroxylation sites is 2. The maximum Gasteiger partial charge on any atom is 0.306 e. The first kappa shape index (κ1) is 18.1. The summed E-state index contributed by atoms with van der Waals surface area (Å²) in [4.78, 5) is 9.49. The maximum absolute atomic E-state index is 13.4. The lowest BCUT2D eigenvalue weighted by Crippen LogP contribution is -2.41. The summed E-state index contributed by atoms with van der Waals surface area (Å²) in [6.45, 7) is 0.113. The van der Waals surface area contributed by atoms with Gasteiger partial charge in [0.25, 0.3) is 0 Å². The average Bonchev–Trinajstić information content (AvgIpc) is 2.61. The van der Waals surface area contributed by atoms with Crippen LogP contribution in [0.5, 0.6) is 11.5 Å². The summed E-state index contributed by atoms with van der Waals surface area (Å²) in [5.41, 5.74) is -0.898. The first-order valence-electron chi connectivity index (χ1n) is 7.58. The molecule has 8 nitrogen and oxygen atoms in total. The fourth-order valence-electron chi connectivity index (χ4n) is 2.51. The van der Waals surface area contributed by atoms with E-state index in [1.54, 1.807) is 24.3 Å². The largest absolute Gasteiger partial charge is 0.486 e. The van der Waals surface area contributed by atoms with Crippen LogP contribution in [0.1, 0.15) is 0 Å². The first-order chi connectivity index (χ1) is 12.3. The standard InChI is InChI=1S/C16H15FN2O6S/c1-18(9-11-10-24-15-4-2-3-5-16(15)25-11)26(22,23)12-6-7-13(17)14(8-12)19(20)21/h2-8,11H,9-10H2,1H3/t11-/m1/s1. The molecule has 1 heterocycles. The molecule has 1 aliphatic rings. The van der Waals surface area contributed by atoms with Crippen molar-refractivity contribution in [3.05, 3.63) is 58.4 Å². The zero-order chi connectivity index (χ0) is 18.9. The van der Waals surface area contributed by atoms with E-state index in [1.165, 1.54) is 7.05 Å². The van der Waals surface area contributed by atoms with Crippen LogP contribution in [-0.4, -0.2) is 43.9 Å². The molecule has 0 amide bonds. The third-order valence-corrected chi connectivity index (χ3v) is 5.67. The summed E-state index contributed by atoms with van der Waals surface area (Å²) in [6.07, 6.45) is -0.555. The molecule has 0 saturated carbocycles. The molecule has 0 aromatic heterocycles. The zero-order valence-electron chi connectivity index (χ0n) is 13.7. The number of rotatable bonds is 5. The van der Waals surface area contributed by atoms with Crippen LogP contribution >= 0.6 is 0 Å². The minimum atomic E-state index is -4.06. The summed E-state index contributed by atoms with van der Waals surface area (Å²) < 4.78 is 50.9. The van der Waals surface area contributed by atoms with Gasteiger partial charge in [-0.15, -0.1) is 0 Å². The molecule has 0 fully saturated rings. The van der Waals surface area contributed by atoms with Crippen molar-refractivity contribution in [2.75, 3.05) is 20.2 Å². The lowest BCUT2D eigenvalue weighted by molar-refractivity contribution is -0.387. The van der Waals surface area contributed by atoms with Gasteiger partial charge in [-0.05, 0) is 24.3 Å². The van der Waals surface area contributed by atoms with Crippen LogP contribution in [0.15, 0.2) is 47.4 Å². The topological polar surface area (TPSA) is 99.0 Å². The second kappa shape index (κ2) is 6.89. The maximum atomic E-state index is 13.4. The Morgan fingerprint density at radius 3 is 2.65 bits per heavy atom. The molecule has 0 spiro atoms. The van der Waals surface area contributed by atoms with E-state index in [1.807, 2.05) is 0 Å². The Morgan fingerprint density at radius 1 is 1.27 bits per heavy atom. The predicted octanol–water partition coefficient (Wildman–Crippen LogP) is 2.19. The average molecular weight is 382 g/mol. The lowest BCUT2D eigenvalue weighted by atomic mass is 10.2. The van der Waals surface area contributed by atoms with E-state index < -0.39 is 32.6 Å². The Labute approximate surface area is 149 Å². The van der Waals surface area contributed by atoms with Gasteiger partial charge in [-0.3, -0.25) is 10.1 Å². The summed E-state index contributed by atoms with van der Waals surface area (Å²) in [7, 11) is -2.75. The number of likely N-dealkylation sites (N-methyl/N-ethyl adjacent to an activating group) is 1. The quantitative estimate of drug-likeness (QED) is 0.581. The SMILES string of the molecule is CN(C[C@@H]1COc2ccccc2O1)S(=O)(=O)c1ccc(F)c([N+](=O)[O-])c1. The fraction of sp³-hybridized carbons (Fsp3) is 0.250. The van der Waals surface area contributed by atoms with Crippen LogP contribution in [-0.2, 0) is 10.0 Å². The Hall–Kier alpha value is -2.72. The molecule has 0 bridgehead atoms. The van der Waals surface area contributed by atoms with Crippen LogP contribution < -0.4 is 9.47 Å². The molecule has 0 unspecified atom stereocenters. The van der Waals surface area contributed by atoms with E-state index >= 15 is 0 Å². The molecule has 0 aliphatic carbocycles. The third-order valence-electron chi connectivity index (χ3n) is 3.85. The Morgan fingerprint density at radius 2 is 1.96 bits per heavy atom. The van der Waals surface area contributed by atoms with Crippen molar-refractivity contribution in [2.45, 2.75) is 11.0 Å². The van der Waals surface area contributed by atoms with Crippen LogP contribution in [0.2, 0.25) is 0 Å². The molecular weight excluding hydrogens is 367 g/mol. The van der Waals surface area contributed by atoms with Crippen molar-refractivity contribution in [1.82, 2.24) is 4.31 Å². The van der Waals surface area contributed by atoms with Crippen molar-refractivity contribution >= 4 is 15.7 Å². The van der Waals surface area contributed by atoms with Gasteiger partial charge in [-0.25, -0.2) is 8.42 Å². The monoisotopic (exact) mass is 382 g/mol. The molecule has 2 aromatic rings. The second-order valence-corrected chi connectivity index (χ2v) is 7.70. The number of nitro groups is 1. The number of sulfonamides is 1. The van der Waals surface area contributed by atoms with E-state index in [-0.39, 0.29) is 18.0 Å².